The summed E-state index contributed by atoms with van der Waals surface area (Å²) in [4.78, 5) is 26.4. The third kappa shape index (κ3) is 2.12. The van der Waals surface area contributed by atoms with Crippen LogP contribution in [0.3, 0.4) is 0 Å². The van der Waals surface area contributed by atoms with Crippen LogP contribution in [0, 0.1) is 0 Å². The Bertz CT molecular complexity index is 279. The second kappa shape index (κ2) is 4.53. The number of carbonyl (C=O) groups is 2. The summed E-state index contributed by atoms with van der Waals surface area (Å²) >= 11 is 0. The van der Waals surface area contributed by atoms with E-state index in [2.05, 4.69) is 18.7 Å². The molecule has 3 atom stereocenters. The fourth-order valence-corrected chi connectivity index (χ4v) is 3.21. The molecule has 4 nitrogen and oxygen atoms in total. The van der Waals surface area contributed by atoms with Gasteiger partial charge in [-0.3, -0.25) is 14.5 Å². The number of Topliss-reactive ketones (excluding diaryl/α,β-unsaturated/α-hetero) is 1. The van der Waals surface area contributed by atoms with E-state index in [0.717, 1.165) is 25.9 Å². The van der Waals surface area contributed by atoms with Gasteiger partial charge in [0.15, 0.2) is 0 Å². The SMILES string of the molecule is CC1CC(=O)CC(C)N1C1CCN(C=O)C1. The summed E-state index contributed by atoms with van der Waals surface area (Å²) in [7, 11) is 0. The van der Waals surface area contributed by atoms with Gasteiger partial charge in [0.2, 0.25) is 6.41 Å². The van der Waals surface area contributed by atoms with Crippen LogP contribution >= 0.6 is 0 Å². The molecule has 2 rings (SSSR count). The highest BCUT2D eigenvalue weighted by Crippen LogP contribution is 2.26. The molecule has 0 N–H and O–H groups in total. The minimum Gasteiger partial charge on any atom is -0.344 e. The van der Waals surface area contributed by atoms with Crippen LogP contribution in [0.15, 0.2) is 0 Å². The van der Waals surface area contributed by atoms with Gasteiger partial charge in [-0.05, 0) is 20.3 Å². The van der Waals surface area contributed by atoms with E-state index in [1.54, 1.807) is 0 Å². The summed E-state index contributed by atoms with van der Waals surface area (Å²) in [6, 6.07) is 1.10. The van der Waals surface area contributed by atoms with Gasteiger partial charge in [-0.25, -0.2) is 0 Å². The molecule has 0 aromatic rings. The molecular weight excluding hydrogens is 204 g/mol. The van der Waals surface area contributed by atoms with Gasteiger partial charge < -0.3 is 4.90 Å². The molecule has 2 heterocycles. The van der Waals surface area contributed by atoms with E-state index in [1.165, 1.54) is 0 Å². The Kier molecular flexibility index (Phi) is 3.28. The number of amides is 1. The van der Waals surface area contributed by atoms with Gasteiger partial charge in [-0.1, -0.05) is 0 Å². The second-order valence-corrected chi connectivity index (χ2v) is 5.14. The first-order valence-corrected chi connectivity index (χ1v) is 6.10. The number of hydrogen-bond acceptors (Lipinski definition) is 3. The summed E-state index contributed by atoms with van der Waals surface area (Å²) in [5.41, 5.74) is 0. The highest BCUT2D eigenvalue weighted by Gasteiger charge is 2.37. The third-order valence-corrected chi connectivity index (χ3v) is 3.83. The van der Waals surface area contributed by atoms with Crippen molar-refractivity contribution in [2.24, 2.45) is 0 Å². The highest BCUT2D eigenvalue weighted by atomic mass is 16.1. The van der Waals surface area contributed by atoms with Crippen molar-refractivity contribution < 1.29 is 9.59 Å². The van der Waals surface area contributed by atoms with Gasteiger partial charge in [0.25, 0.3) is 0 Å². The topological polar surface area (TPSA) is 40.6 Å². The first-order chi connectivity index (χ1) is 7.61. The maximum Gasteiger partial charge on any atom is 0.209 e. The number of rotatable bonds is 2. The Morgan fingerprint density at radius 3 is 2.38 bits per heavy atom. The van der Waals surface area contributed by atoms with E-state index in [9.17, 15) is 9.59 Å². The smallest absolute Gasteiger partial charge is 0.209 e. The summed E-state index contributed by atoms with van der Waals surface area (Å²) in [6.07, 6.45) is 3.32. The molecular formula is C12H20N2O2. The van der Waals surface area contributed by atoms with Crippen molar-refractivity contribution in [2.45, 2.75) is 51.2 Å². The molecule has 3 unspecified atom stereocenters. The standard InChI is InChI=1S/C12H20N2O2/c1-9-5-12(16)6-10(2)14(9)11-3-4-13(7-11)8-15/h8-11H,3-7H2,1-2H3. The Balaban J connectivity index is 2.03. The van der Waals surface area contributed by atoms with Crippen molar-refractivity contribution in [1.82, 2.24) is 9.80 Å². The number of likely N-dealkylation sites (tertiary alicyclic amines) is 2. The Morgan fingerprint density at radius 2 is 1.88 bits per heavy atom. The first-order valence-electron chi connectivity index (χ1n) is 6.10. The number of ketones is 1. The predicted octanol–water partition coefficient (Wildman–Crippen LogP) is 0.659. The maximum atomic E-state index is 11.5. The van der Waals surface area contributed by atoms with E-state index in [-0.39, 0.29) is 0 Å². The summed E-state index contributed by atoms with van der Waals surface area (Å²) < 4.78 is 0. The molecule has 0 radical (unpaired) electrons. The van der Waals surface area contributed by atoms with E-state index < -0.39 is 0 Å². The van der Waals surface area contributed by atoms with Crippen LogP contribution in [0.25, 0.3) is 0 Å². The van der Waals surface area contributed by atoms with Crippen molar-refractivity contribution in [2.75, 3.05) is 13.1 Å². The van der Waals surface area contributed by atoms with Crippen LogP contribution in [-0.2, 0) is 9.59 Å². The van der Waals surface area contributed by atoms with Crippen LogP contribution in [0.5, 0.6) is 0 Å². The molecule has 90 valence electrons. The minimum atomic E-state index is 0.327. The maximum absolute atomic E-state index is 11.5. The lowest BCUT2D eigenvalue weighted by molar-refractivity contribution is -0.126. The van der Waals surface area contributed by atoms with Crippen molar-refractivity contribution in [3.8, 4) is 0 Å². The van der Waals surface area contributed by atoms with Gasteiger partial charge in [0, 0.05) is 44.1 Å². The Labute approximate surface area is 96.6 Å². The molecule has 2 fully saturated rings. The van der Waals surface area contributed by atoms with Gasteiger partial charge in [-0.15, -0.1) is 0 Å². The zero-order chi connectivity index (χ0) is 11.7. The van der Waals surface area contributed by atoms with Crippen molar-refractivity contribution >= 4 is 12.2 Å². The van der Waals surface area contributed by atoms with Gasteiger partial charge >= 0.3 is 0 Å². The largest absolute Gasteiger partial charge is 0.344 e. The van der Waals surface area contributed by atoms with Crippen molar-refractivity contribution in [3.05, 3.63) is 0 Å². The fraction of sp³-hybridized carbons (Fsp3) is 0.833. The van der Waals surface area contributed by atoms with Crippen LogP contribution in [0.2, 0.25) is 0 Å². The second-order valence-electron chi connectivity index (χ2n) is 5.14. The predicted molar refractivity (Wildman–Crippen MR) is 61.0 cm³/mol. The van der Waals surface area contributed by atoms with E-state index in [4.69, 9.17) is 0 Å². The quantitative estimate of drug-likeness (QED) is 0.647. The molecule has 0 saturated carbocycles. The molecule has 1 amide bonds. The molecule has 4 heteroatoms. The van der Waals surface area contributed by atoms with Gasteiger partial charge in [-0.2, -0.15) is 0 Å². The number of carbonyl (C=O) groups excluding carboxylic acids is 2. The molecule has 2 saturated heterocycles. The fourth-order valence-electron chi connectivity index (χ4n) is 3.21. The van der Waals surface area contributed by atoms with Crippen molar-refractivity contribution in [3.63, 3.8) is 0 Å². The Hall–Kier alpha value is -0.900. The zero-order valence-electron chi connectivity index (χ0n) is 10.1. The van der Waals surface area contributed by atoms with E-state index >= 15 is 0 Å². The molecule has 16 heavy (non-hydrogen) atoms. The molecule has 0 aromatic carbocycles. The Morgan fingerprint density at radius 1 is 1.25 bits per heavy atom. The monoisotopic (exact) mass is 224 g/mol. The summed E-state index contributed by atoms with van der Waals surface area (Å²) in [5, 5.41) is 0. The first kappa shape index (κ1) is 11.6. The van der Waals surface area contributed by atoms with Crippen LogP contribution in [0.1, 0.15) is 33.1 Å². The average Bonchev–Trinajstić information content (AvgIpc) is 2.64. The molecule has 0 aliphatic carbocycles. The zero-order valence-corrected chi connectivity index (χ0v) is 10.1. The summed E-state index contributed by atoms with van der Waals surface area (Å²) in [5.74, 6) is 0.376. The van der Waals surface area contributed by atoms with Gasteiger partial charge in [0.1, 0.15) is 5.78 Å². The lowest BCUT2D eigenvalue weighted by atomic mass is 9.94. The molecule has 2 aliphatic heterocycles. The molecule has 2 aliphatic rings. The molecule has 0 bridgehead atoms. The van der Waals surface area contributed by atoms with Crippen molar-refractivity contribution in [1.29, 1.82) is 0 Å². The van der Waals surface area contributed by atoms with Crippen LogP contribution < -0.4 is 0 Å². The molecule has 0 aromatic heterocycles. The lowest BCUT2D eigenvalue weighted by Gasteiger charge is -2.42. The lowest BCUT2D eigenvalue weighted by Crippen LogP contribution is -2.52. The molecule has 0 spiro atoms. The normalized spacial score (nSPS) is 36.8. The van der Waals surface area contributed by atoms with E-state index in [0.29, 0.717) is 36.8 Å². The van der Waals surface area contributed by atoms with Crippen LogP contribution in [-0.4, -0.2) is 53.2 Å². The van der Waals surface area contributed by atoms with Gasteiger partial charge in [0.05, 0.1) is 0 Å². The number of piperidine rings is 1. The number of nitrogens with zero attached hydrogens (tertiary/aromatic N) is 2. The number of hydrogen-bond donors (Lipinski definition) is 0. The summed E-state index contributed by atoms with van der Waals surface area (Å²) in [6.45, 7) is 5.93. The minimum absolute atomic E-state index is 0.327. The average molecular weight is 224 g/mol. The third-order valence-electron chi connectivity index (χ3n) is 3.83. The van der Waals surface area contributed by atoms with E-state index in [1.807, 2.05) is 4.90 Å². The van der Waals surface area contributed by atoms with Crippen LogP contribution in [0.4, 0.5) is 0 Å². The highest BCUT2D eigenvalue weighted by molar-refractivity contribution is 5.80.